The third-order valence-electron chi connectivity index (χ3n) is 4.78. The highest BCUT2D eigenvalue weighted by molar-refractivity contribution is 7.80. The Hall–Kier alpha value is -1.38. The maximum Gasteiger partial charge on any atom is 0.173 e. The van der Waals surface area contributed by atoms with Crippen LogP contribution in [0.3, 0.4) is 0 Å². The van der Waals surface area contributed by atoms with Crippen molar-refractivity contribution in [3.05, 3.63) is 45.6 Å². The van der Waals surface area contributed by atoms with Crippen molar-refractivity contribution < 1.29 is 14.4 Å². The first kappa shape index (κ1) is 21.3. The second-order valence-corrected chi connectivity index (χ2v) is 8.60. The lowest BCUT2D eigenvalue weighted by atomic mass is 10.3. The van der Waals surface area contributed by atoms with Crippen LogP contribution in [0.25, 0.3) is 0 Å². The van der Waals surface area contributed by atoms with E-state index >= 15 is 0 Å². The molecule has 0 aliphatic carbocycles. The molecule has 1 aliphatic rings. The molecule has 1 aliphatic heterocycles. The second kappa shape index (κ2) is 11.0. The van der Waals surface area contributed by atoms with E-state index in [9.17, 15) is 0 Å². The van der Waals surface area contributed by atoms with E-state index in [1.54, 1.807) is 23.3 Å². The smallest absolute Gasteiger partial charge is 0.173 e. The SMILES string of the molecule is COc1ccc(Cl)cc1NC(=S)N(CCC[NH+]1CCOCC1)Cc1cccs1. The number of methoxy groups -OCH3 is 1. The monoisotopic (exact) mass is 440 g/mol. The summed E-state index contributed by atoms with van der Waals surface area (Å²) in [6, 6.07) is 9.72. The average molecular weight is 441 g/mol. The topological polar surface area (TPSA) is 38.2 Å². The highest BCUT2D eigenvalue weighted by Gasteiger charge is 2.17. The van der Waals surface area contributed by atoms with Crippen LogP contribution < -0.4 is 15.0 Å². The summed E-state index contributed by atoms with van der Waals surface area (Å²) in [6.45, 7) is 6.74. The van der Waals surface area contributed by atoms with Crippen LogP contribution in [0.5, 0.6) is 5.75 Å². The first-order valence-corrected chi connectivity index (χ1v) is 11.2. The molecule has 0 unspecified atom stereocenters. The number of benzene rings is 1. The highest BCUT2D eigenvalue weighted by Crippen LogP contribution is 2.28. The van der Waals surface area contributed by atoms with Crippen molar-refractivity contribution in [2.75, 3.05) is 51.8 Å². The van der Waals surface area contributed by atoms with E-state index in [2.05, 4.69) is 27.7 Å². The highest BCUT2D eigenvalue weighted by atomic mass is 35.5. The van der Waals surface area contributed by atoms with E-state index in [0.29, 0.717) is 10.1 Å². The molecule has 3 rings (SSSR count). The zero-order chi connectivity index (χ0) is 19.8. The van der Waals surface area contributed by atoms with Gasteiger partial charge in [-0.15, -0.1) is 11.3 Å². The molecule has 0 amide bonds. The minimum atomic E-state index is 0.645. The molecule has 2 N–H and O–H groups in total. The van der Waals surface area contributed by atoms with E-state index < -0.39 is 0 Å². The van der Waals surface area contributed by atoms with Crippen molar-refractivity contribution in [3.63, 3.8) is 0 Å². The maximum absolute atomic E-state index is 6.16. The van der Waals surface area contributed by atoms with Crippen LogP contribution in [0.4, 0.5) is 5.69 Å². The summed E-state index contributed by atoms with van der Waals surface area (Å²) in [5.74, 6) is 0.723. The standard InChI is InChI=1S/C20H26ClN3O2S2/c1-25-19-6-5-16(21)14-18(19)22-20(27)24(15-17-4-2-13-28-17)8-3-7-23-9-11-26-12-10-23/h2,4-6,13-14H,3,7-12,15H2,1H3,(H,22,27)/p+1. The molecule has 1 saturated heterocycles. The largest absolute Gasteiger partial charge is 0.495 e. The number of anilines is 1. The summed E-state index contributed by atoms with van der Waals surface area (Å²) in [7, 11) is 1.64. The van der Waals surface area contributed by atoms with Gasteiger partial charge in [0.15, 0.2) is 5.11 Å². The third-order valence-corrected chi connectivity index (χ3v) is 6.23. The van der Waals surface area contributed by atoms with Gasteiger partial charge in [-0.3, -0.25) is 0 Å². The first-order valence-electron chi connectivity index (χ1n) is 9.49. The van der Waals surface area contributed by atoms with Gasteiger partial charge in [0.1, 0.15) is 18.8 Å². The van der Waals surface area contributed by atoms with Crippen molar-refractivity contribution in [3.8, 4) is 5.75 Å². The molecule has 28 heavy (non-hydrogen) atoms. The van der Waals surface area contributed by atoms with Gasteiger partial charge < -0.3 is 24.6 Å². The van der Waals surface area contributed by atoms with Gasteiger partial charge in [0.2, 0.25) is 0 Å². The minimum absolute atomic E-state index is 0.645. The molecule has 0 bridgehead atoms. The molecule has 2 aromatic rings. The lowest BCUT2D eigenvalue weighted by Crippen LogP contribution is -3.14. The van der Waals surface area contributed by atoms with Crippen molar-refractivity contribution in [1.82, 2.24) is 4.90 Å². The Morgan fingerprint density at radius 1 is 1.36 bits per heavy atom. The Labute approximate surface area is 181 Å². The molecule has 0 atom stereocenters. The molecule has 0 spiro atoms. The lowest BCUT2D eigenvalue weighted by molar-refractivity contribution is -0.908. The summed E-state index contributed by atoms with van der Waals surface area (Å²) in [5, 5.41) is 6.76. The molecule has 152 valence electrons. The summed E-state index contributed by atoms with van der Waals surface area (Å²) in [5.41, 5.74) is 0.787. The van der Waals surface area contributed by atoms with Crippen LogP contribution in [0.2, 0.25) is 5.02 Å². The number of quaternary nitrogens is 1. The zero-order valence-corrected chi connectivity index (χ0v) is 18.5. The van der Waals surface area contributed by atoms with Crippen LogP contribution in [0.1, 0.15) is 11.3 Å². The number of thiocarbonyl (C=S) groups is 1. The molecule has 1 fully saturated rings. The third kappa shape index (κ3) is 6.32. The van der Waals surface area contributed by atoms with Crippen molar-refractivity contribution in [2.24, 2.45) is 0 Å². The summed E-state index contributed by atoms with van der Waals surface area (Å²) in [4.78, 5) is 5.13. The molecule has 0 saturated carbocycles. The number of hydrogen-bond acceptors (Lipinski definition) is 4. The quantitative estimate of drug-likeness (QED) is 0.617. The van der Waals surface area contributed by atoms with Crippen molar-refractivity contribution in [2.45, 2.75) is 13.0 Å². The fraction of sp³-hybridized carbons (Fsp3) is 0.450. The normalized spacial score (nSPS) is 14.6. The predicted molar refractivity (Wildman–Crippen MR) is 120 cm³/mol. The molecule has 0 radical (unpaired) electrons. The number of ether oxygens (including phenoxy) is 2. The Bertz CT molecular complexity index is 752. The molecule has 5 nitrogen and oxygen atoms in total. The van der Waals surface area contributed by atoms with Crippen LogP contribution >= 0.6 is 35.2 Å². The number of nitrogens with zero attached hydrogens (tertiary/aromatic N) is 1. The first-order chi connectivity index (χ1) is 13.7. The summed E-state index contributed by atoms with van der Waals surface area (Å²) < 4.78 is 10.9. The zero-order valence-electron chi connectivity index (χ0n) is 16.1. The number of rotatable bonds is 8. The van der Waals surface area contributed by atoms with Gasteiger partial charge in [-0.05, 0) is 41.9 Å². The van der Waals surface area contributed by atoms with Gasteiger partial charge in [0.05, 0.1) is 39.1 Å². The average Bonchev–Trinajstić information content (AvgIpc) is 3.21. The van der Waals surface area contributed by atoms with E-state index in [0.717, 1.165) is 63.8 Å². The van der Waals surface area contributed by atoms with E-state index in [1.165, 1.54) is 4.88 Å². The Morgan fingerprint density at radius 2 is 2.18 bits per heavy atom. The van der Waals surface area contributed by atoms with Gasteiger partial charge in [-0.1, -0.05) is 17.7 Å². The number of nitrogens with one attached hydrogen (secondary N) is 2. The Balaban J connectivity index is 1.63. The van der Waals surface area contributed by atoms with Gasteiger partial charge in [0, 0.05) is 22.9 Å². The molecule has 1 aromatic carbocycles. The van der Waals surface area contributed by atoms with Gasteiger partial charge in [-0.25, -0.2) is 0 Å². The van der Waals surface area contributed by atoms with E-state index in [1.807, 2.05) is 18.2 Å². The molecule has 1 aromatic heterocycles. The van der Waals surface area contributed by atoms with Crippen molar-refractivity contribution >= 4 is 46.0 Å². The van der Waals surface area contributed by atoms with Crippen LogP contribution in [0, 0.1) is 0 Å². The fourth-order valence-corrected chi connectivity index (χ4v) is 4.40. The molecule has 8 heteroatoms. The van der Waals surface area contributed by atoms with Crippen LogP contribution in [-0.4, -0.2) is 56.5 Å². The van der Waals surface area contributed by atoms with Gasteiger partial charge in [0.25, 0.3) is 0 Å². The van der Waals surface area contributed by atoms with E-state index in [-0.39, 0.29) is 0 Å². The van der Waals surface area contributed by atoms with Gasteiger partial charge in [-0.2, -0.15) is 0 Å². The second-order valence-electron chi connectivity index (χ2n) is 6.74. The number of halogens is 1. The Morgan fingerprint density at radius 3 is 2.89 bits per heavy atom. The number of hydrogen-bond donors (Lipinski definition) is 2. The Kier molecular flexibility index (Phi) is 8.36. The maximum atomic E-state index is 6.16. The number of morpholine rings is 1. The number of thiophene rings is 1. The van der Waals surface area contributed by atoms with Gasteiger partial charge >= 0.3 is 0 Å². The minimum Gasteiger partial charge on any atom is -0.495 e. The molecular weight excluding hydrogens is 414 g/mol. The molecular formula is C20H27ClN3O2S2+. The predicted octanol–water partition coefficient (Wildman–Crippen LogP) is 2.91. The summed E-state index contributed by atoms with van der Waals surface area (Å²) >= 11 is 13.7. The van der Waals surface area contributed by atoms with Crippen molar-refractivity contribution in [1.29, 1.82) is 0 Å². The fourth-order valence-electron chi connectivity index (χ4n) is 3.25. The van der Waals surface area contributed by atoms with E-state index in [4.69, 9.17) is 33.3 Å². The van der Waals surface area contributed by atoms with Crippen LogP contribution in [-0.2, 0) is 11.3 Å². The molecule has 2 heterocycles. The summed E-state index contributed by atoms with van der Waals surface area (Å²) in [6.07, 6.45) is 1.08. The lowest BCUT2D eigenvalue weighted by Gasteiger charge is -2.28. The van der Waals surface area contributed by atoms with Crippen LogP contribution in [0.15, 0.2) is 35.7 Å².